The zero-order chi connectivity index (χ0) is 26.0. The summed E-state index contributed by atoms with van der Waals surface area (Å²) in [5, 5.41) is 2.54. The van der Waals surface area contributed by atoms with Gasteiger partial charge in [-0.25, -0.2) is 9.55 Å². The topological polar surface area (TPSA) is 169 Å². The molecule has 1 aliphatic carbocycles. The average molecular weight is 580 g/mol. The fourth-order valence-corrected chi connectivity index (χ4v) is 5.76. The van der Waals surface area contributed by atoms with Gasteiger partial charge in [0, 0.05) is 17.2 Å². The number of anilines is 2. The Morgan fingerprint density at radius 3 is 2.69 bits per heavy atom. The first-order valence-electron chi connectivity index (χ1n) is 11.2. The average Bonchev–Trinajstić information content (AvgIpc) is 3.47. The molecule has 14 heteroatoms. The highest BCUT2D eigenvalue weighted by atomic mass is 79.9. The number of carbonyl (C=O) groups is 1. The van der Waals surface area contributed by atoms with E-state index < -0.39 is 19.7 Å². The maximum Gasteiger partial charge on any atom is 0.430 e. The number of nitrogens with zero attached hydrogens (tertiary/aromatic N) is 5. The Bertz CT molecular complexity index is 1330. The van der Waals surface area contributed by atoms with Gasteiger partial charge in [-0.15, -0.1) is 0 Å². The van der Waals surface area contributed by atoms with E-state index in [-0.39, 0.29) is 30.0 Å². The van der Waals surface area contributed by atoms with E-state index in [1.807, 2.05) is 16.7 Å². The molecule has 3 aromatic rings. The van der Waals surface area contributed by atoms with Crippen molar-refractivity contribution in [2.45, 2.75) is 31.3 Å². The van der Waals surface area contributed by atoms with E-state index in [9.17, 15) is 19.1 Å². The van der Waals surface area contributed by atoms with Gasteiger partial charge < -0.3 is 30.1 Å². The summed E-state index contributed by atoms with van der Waals surface area (Å²) in [5.74, 6) is -0.0175. The number of aromatic nitrogens is 4. The van der Waals surface area contributed by atoms with Crippen LogP contribution in [0.5, 0.6) is 5.88 Å². The van der Waals surface area contributed by atoms with Crippen molar-refractivity contribution in [2.75, 3.05) is 24.6 Å². The van der Waals surface area contributed by atoms with E-state index >= 15 is 0 Å². The standard InChI is InChI=1S/C22H27BrN7O5P/c1-25-20(31)17(30(36(32,33)34)15-8-5-14(23)6-9-15)10-4-13-3-7-16(11-13)29-12-26-18-19(29)27-22(24)28-21(18)35-2/h3,5-9,12-13,16-17H,4,10-11H2,1-2H3,(H,25,31)(H2,24,27,28)(H2,32,33,34)/t13-,16-,17?/m0/s1. The van der Waals surface area contributed by atoms with Crippen molar-refractivity contribution < 1.29 is 23.9 Å². The third-order valence-corrected chi connectivity index (χ3v) is 7.73. The number of ether oxygens (including phenoxy) is 1. The minimum absolute atomic E-state index is 0.0539. The van der Waals surface area contributed by atoms with Gasteiger partial charge in [0.1, 0.15) is 6.04 Å². The molecule has 192 valence electrons. The Morgan fingerprint density at radius 1 is 1.33 bits per heavy atom. The van der Waals surface area contributed by atoms with Crippen LogP contribution in [0.3, 0.4) is 0 Å². The number of methoxy groups -OCH3 is 1. The van der Waals surface area contributed by atoms with Gasteiger partial charge in [0.15, 0.2) is 11.2 Å². The number of hydrogen-bond donors (Lipinski definition) is 4. The van der Waals surface area contributed by atoms with E-state index in [4.69, 9.17) is 10.5 Å². The summed E-state index contributed by atoms with van der Waals surface area (Å²) in [6.07, 6.45) is 7.20. The molecule has 0 saturated heterocycles. The van der Waals surface area contributed by atoms with Gasteiger partial charge in [0.05, 0.1) is 19.5 Å². The van der Waals surface area contributed by atoms with Crippen LogP contribution >= 0.6 is 23.7 Å². The van der Waals surface area contributed by atoms with E-state index in [0.29, 0.717) is 29.9 Å². The van der Waals surface area contributed by atoms with E-state index in [2.05, 4.69) is 36.2 Å². The molecule has 0 spiro atoms. The highest BCUT2D eigenvalue weighted by Gasteiger charge is 2.37. The fraction of sp³-hybridized carbons (Fsp3) is 0.364. The number of hydrogen-bond acceptors (Lipinski definition) is 7. The van der Waals surface area contributed by atoms with Crippen molar-refractivity contribution in [1.82, 2.24) is 24.8 Å². The van der Waals surface area contributed by atoms with E-state index in [1.165, 1.54) is 14.2 Å². The largest absolute Gasteiger partial charge is 0.479 e. The van der Waals surface area contributed by atoms with Crippen LogP contribution in [0.4, 0.5) is 11.6 Å². The minimum atomic E-state index is -4.80. The monoisotopic (exact) mass is 579 g/mol. The lowest BCUT2D eigenvalue weighted by atomic mass is 9.97. The van der Waals surface area contributed by atoms with E-state index in [0.717, 1.165) is 9.14 Å². The normalized spacial score (nSPS) is 18.4. The van der Waals surface area contributed by atoms with Crippen molar-refractivity contribution in [3.8, 4) is 5.88 Å². The third kappa shape index (κ3) is 5.39. The zero-order valence-corrected chi connectivity index (χ0v) is 22.1. The molecule has 4 rings (SSSR count). The van der Waals surface area contributed by atoms with Crippen molar-refractivity contribution >= 4 is 52.4 Å². The van der Waals surface area contributed by atoms with Crippen LogP contribution < -0.4 is 20.5 Å². The van der Waals surface area contributed by atoms with Gasteiger partial charge >= 0.3 is 7.75 Å². The Hall–Kier alpha value is -2.99. The number of nitrogen functional groups attached to an aromatic ring is 1. The van der Waals surface area contributed by atoms with Crippen LogP contribution in [0.2, 0.25) is 0 Å². The second-order valence-corrected chi connectivity index (χ2v) is 10.8. The highest BCUT2D eigenvalue weighted by molar-refractivity contribution is 9.10. The SMILES string of the molecule is CNC(=O)C(CC[C@@H]1C=C[C@H](n2cnc3c(OC)nc(N)nc32)C1)N(c1ccc(Br)cc1)P(=O)(O)O. The number of imidazole rings is 1. The maximum atomic E-state index is 12.8. The molecule has 36 heavy (non-hydrogen) atoms. The molecule has 12 nitrogen and oxygen atoms in total. The number of nitrogens with one attached hydrogen (secondary N) is 1. The number of benzene rings is 1. The lowest BCUT2D eigenvalue weighted by Crippen LogP contribution is -2.44. The van der Waals surface area contributed by atoms with Crippen molar-refractivity contribution in [1.29, 1.82) is 0 Å². The van der Waals surface area contributed by atoms with Crippen LogP contribution in [0.25, 0.3) is 11.2 Å². The number of likely N-dealkylation sites (N-methyl/N-ethyl adjacent to an activating group) is 1. The summed E-state index contributed by atoms with van der Waals surface area (Å²) in [7, 11) is -1.86. The van der Waals surface area contributed by atoms with Crippen LogP contribution in [-0.2, 0) is 9.36 Å². The summed E-state index contributed by atoms with van der Waals surface area (Å²) in [5.41, 5.74) is 7.15. The smallest absolute Gasteiger partial charge is 0.430 e. The molecule has 1 aromatic carbocycles. The molecule has 2 heterocycles. The first-order valence-corrected chi connectivity index (χ1v) is 13.5. The van der Waals surface area contributed by atoms with Gasteiger partial charge in [-0.3, -0.25) is 9.46 Å². The van der Waals surface area contributed by atoms with Crippen LogP contribution in [0, 0.1) is 5.92 Å². The van der Waals surface area contributed by atoms with Gasteiger partial charge in [0.25, 0.3) is 0 Å². The quantitative estimate of drug-likeness (QED) is 0.218. The van der Waals surface area contributed by atoms with Crippen molar-refractivity contribution in [2.24, 2.45) is 5.92 Å². The molecule has 0 saturated carbocycles. The Labute approximate surface area is 215 Å². The zero-order valence-electron chi connectivity index (χ0n) is 19.7. The predicted octanol–water partition coefficient (Wildman–Crippen LogP) is 2.79. The van der Waals surface area contributed by atoms with E-state index in [1.54, 1.807) is 30.6 Å². The molecule has 0 radical (unpaired) electrons. The second kappa shape index (κ2) is 10.6. The molecule has 1 aliphatic rings. The van der Waals surface area contributed by atoms with Crippen LogP contribution in [0.1, 0.15) is 25.3 Å². The highest BCUT2D eigenvalue weighted by Crippen LogP contribution is 2.47. The number of allylic oxidation sites excluding steroid dienone is 2. The minimum Gasteiger partial charge on any atom is -0.479 e. The number of fused-ring (bicyclic) bond motifs is 1. The van der Waals surface area contributed by atoms with Gasteiger partial charge in [0.2, 0.25) is 17.7 Å². The third-order valence-electron chi connectivity index (χ3n) is 6.13. The molecule has 0 fully saturated rings. The van der Waals surface area contributed by atoms with Crippen LogP contribution in [0.15, 0.2) is 47.2 Å². The first-order chi connectivity index (χ1) is 17.1. The van der Waals surface area contributed by atoms with Crippen molar-refractivity contribution in [3.05, 3.63) is 47.2 Å². The lowest BCUT2D eigenvalue weighted by molar-refractivity contribution is -0.122. The summed E-state index contributed by atoms with van der Waals surface area (Å²) in [6.45, 7) is 0. The molecule has 1 amide bonds. The molecule has 5 N–H and O–H groups in total. The number of rotatable bonds is 9. The molecule has 3 atom stereocenters. The van der Waals surface area contributed by atoms with Gasteiger partial charge in [-0.1, -0.05) is 28.1 Å². The van der Waals surface area contributed by atoms with Crippen LogP contribution in [-0.4, -0.2) is 55.4 Å². The second-order valence-electron chi connectivity index (χ2n) is 8.40. The molecule has 1 unspecified atom stereocenters. The molecule has 0 bridgehead atoms. The summed E-state index contributed by atoms with van der Waals surface area (Å²) in [6, 6.07) is 5.36. The molecule has 2 aromatic heterocycles. The van der Waals surface area contributed by atoms with Gasteiger partial charge in [-0.05, 0) is 49.4 Å². The summed E-state index contributed by atoms with van der Waals surface area (Å²) >= 11 is 3.32. The Kier molecular flexibility index (Phi) is 7.65. The Morgan fingerprint density at radius 2 is 2.06 bits per heavy atom. The Balaban J connectivity index is 1.52. The summed E-state index contributed by atoms with van der Waals surface area (Å²) < 4.78 is 21.3. The summed E-state index contributed by atoms with van der Waals surface area (Å²) in [4.78, 5) is 45.8. The molecule has 0 aliphatic heterocycles. The van der Waals surface area contributed by atoms with Crippen molar-refractivity contribution in [3.63, 3.8) is 0 Å². The maximum absolute atomic E-state index is 12.8. The number of amides is 1. The fourth-order valence-electron chi connectivity index (χ4n) is 4.47. The number of nitrogens with two attached hydrogens (primary N) is 1. The predicted molar refractivity (Wildman–Crippen MR) is 138 cm³/mol. The molecular formula is C22H27BrN7O5P. The number of carbonyl (C=O) groups excluding carboxylic acids is 1. The molecular weight excluding hydrogens is 553 g/mol. The first kappa shape index (κ1) is 26.1. The number of halogens is 1. The lowest BCUT2D eigenvalue weighted by Gasteiger charge is -2.33. The van der Waals surface area contributed by atoms with Gasteiger partial charge in [-0.2, -0.15) is 9.97 Å².